The number of furan rings is 1. The second-order valence-corrected chi connectivity index (χ2v) is 11.8. The second kappa shape index (κ2) is 10.9. The number of carbonyl (C=O) groups excluding carboxylic acids is 3. The summed E-state index contributed by atoms with van der Waals surface area (Å²) in [4.78, 5) is 46.2. The van der Waals surface area contributed by atoms with Crippen molar-refractivity contribution >= 4 is 45.1 Å². The molecule has 0 saturated carbocycles. The van der Waals surface area contributed by atoms with E-state index in [9.17, 15) is 19.5 Å². The third kappa shape index (κ3) is 4.98. The number of anilines is 1. The Bertz CT molecular complexity index is 1760. The van der Waals surface area contributed by atoms with Gasteiger partial charge in [0.05, 0.1) is 24.4 Å². The molecule has 2 aromatic carbocycles. The van der Waals surface area contributed by atoms with E-state index in [0.717, 1.165) is 16.9 Å². The molecule has 3 heterocycles. The van der Waals surface area contributed by atoms with Crippen LogP contribution in [-0.2, 0) is 14.9 Å². The van der Waals surface area contributed by atoms with Crippen LogP contribution in [0.25, 0.3) is 11.0 Å². The van der Waals surface area contributed by atoms with Crippen molar-refractivity contribution in [3.8, 4) is 5.75 Å². The van der Waals surface area contributed by atoms with Gasteiger partial charge in [0.2, 0.25) is 5.78 Å². The highest BCUT2D eigenvalue weighted by Crippen LogP contribution is 2.44. The molecule has 0 radical (unpaired) electrons. The van der Waals surface area contributed by atoms with Crippen LogP contribution < -0.4 is 9.64 Å². The molecule has 1 aliphatic heterocycles. The van der Waals surface area contributed by atoms with Crippen LogP contribution in [0.1, 0.15) is 63.9 Å². The van der Waals surface area contributed by atoms with Crippen molar-refractivity contribution in [3.63, 3.8) is 0 Å². The number of ether oxygens (including phenoxy) is 2. The van der Waals surface area contributed by atoms with Gasteiger partial charge in [-0.2, -0.15) is 0 Å². The molecule has 10 heteroatoms. The van der Waals surface area contributed by atoms with Crippen molar-refractivity contribution in [3.05, 3.63) is 100.0 Å². The maximum absolute atomic E-state index is 14.0. The Balaban J connectivity index is 1.63. The largest absolute Gasteiger partial charge is 0.503 e. The molecule has 1 N–H and O–H groups in total. The number of benzene rings is 2. The van der Waals surface area contributed by atoms with Gasteiger partial charge >= 0.3 is 5.97 Å². The minimum absolute atomic E-state index is 0.0141. The fourth-order valence-electron chi connectivity index (χ4n) is 4.83. The zero-order valence-electron chi connectivity index (χ0n) is 23.9. The summed E-state index contributed by atoms with van der Waals surface area (Å²) < 4.78 is 16.4. The van der Waals surface area contributed by atoms with Crippen molar-refractivity contribution in [2.24, 2.45) is 0 Å². The highest BCUT2D eigenvalue weighted by Gasteiger charge is 2.47. The minimum atomic E-state index is -1.04. The standard InChI is InChI=1S/C32H30N2O7S/c1-7-15-40-30(38)28-17(2)33-31(42-28)34-24(18-11-13-20(14-12-18)32(3,4)5)23(26(36)29(34)37)25(35)22-16-19-9-8-10-21(39-6)27(19)41-22/h7-14,16,24,36H,1,15H2,2-6H3. The number of nitrogens with zero attached hydrogens (tertiary/aromatic N) is 2. The molecule has 1 unspecified atom stereocenters. The van der Waals surface area contributed by atoms with Gasteiger partial charge in [0.25, 0.3) is 5.91 Å². The highest BCUT2D eigenvalue weighted by atomic mass is 32.1. The number of methoxy groups -OCH3 is 1. The van der Waals surface area contributed by atoms with Gasteiger partial charge in [-0.25, -0.2) is 9.78 Å². The van der Waals surface area contributed by atoms with E-state index in [2.05, 4.69) is 32.3 Å². The number of aromatic nitrogens is 1. The fourth-order valence-corrected chi connectivity index (χ4v) is 5.82. The lowest BCUT2D eigenvalue weighted by atomic mass is 9.85. The number of carbonyl (C=O) groups is 3. The summed E-state index contributed by atoms with van der Waals surface area (Å²) in [6, 6.07) is 13.2. The maximum Gasteiger partial charge on any atom is 0.350 e. The van der Waals surface area contributed by atoms with Crippen LogP contribution in [0.5, 0.6) is 5.75 Å². The van der Waals surface area contributed by atoms with Gasteiger partial charge in [-0.3, -0.25) is 14.5 Å². The summed E-state index contributed by atoms with van der Waals surface area (Å²) in [6.45, 7) is 11.4. The fraction of sp³-hybridized carbons (Fsp3) is 0.250. The highest BCUT2D eigenvalue weighted by molar-refractivity contribution is 7.17. The topological polar surface area (TPSA) is 119 Å². The van der Waals surface area contributed by atoms with Crippen LogP contribution in [-0.4, -0.2) is 41.5 Å². The average Bonchev–Trinajstić information content (AvgIpc) is 3.64. The van der Waals surface area contributed by atoms with Crippen LogP contribution in [0.3, 0.4) is 0 Å². The number of hydrogen-bond acceptors (Lipinski definition) is 9. The van der Waals surface area contributed by atoms with Crippen molar-refractivity contribution in [2.45, 2.75) is 39.2 Å². The third-order valence-electron chi connectivity index (χ3n) is 7.01. The van der Waals surface area contributed by atoms with Gasteiger partial charge in [-0.15, -0.1) is 0 Å². The molecule has 9 nitrogen and oxygen atoms in total. The van der Waals surface area contributed by atoms with E-state index in [0.29, 0.717) is 28.0 Å². The molecule has 216 valence electrons. The van der Waals surface area contributed by atoms with Gasteiger partial charge in [0.1, 0.15) is 11.5 Å². The number of esters is 1. The Morgan fingerprint density at radius 1 is 1.19 bits per heavy atom. The molecule has 2 aromatic heterocycles. The number of aliphatic hydroxyl groups excluding tert-OH is 1. The summed E-state index contributed by atoms with van der Waals surface area (Å²) in [6.07, 6.45) is 1.45. The number of aliphatic hydroxyl groups is 1. The van der Waals surface area contributed by atoms with Crippen LogP contribution in [0, 0.1) is 6.92 Å². The lowest BCUT2D eigenvalue weighted by molar-refractivity contribution is -0.117. The summed E-state index contributed by atoms with van der Waals surface area (Å²) in [7, 11) is 1.50. The summed E-state index contributed by atoms with van der Waals surface area (Å²) in [5.41, 5.74) is 2.04. The predicted octanol–water partition coefficient (Wildman–Crippen LogP) is 6.63. The zero-order chi connectivity index (χ0) is 30.3. The molecule has 0 aliphatic carbocycles. The number of thiazole rings is 1. The number of hydrogen-bond donors (Lipinski definition) is 1. The Morgan fingerprint density at radius 2 is 1.90 bits per heavy atom. The van der Waals surface area contributed by atoms with Crippen LogP contribution >= 0.6 is 11.3 Å². The summed E-state index contributed by atoms with van der Waals surface area (Å²) in [5.74, 6) is -2.44. The molecular weight excluding hydrogens is 556 g/mol. The predicted molar refractivity (Wildman–Crippen MR) is 159 cm³/mol. The van der Waals surface area contributed by atoms with Gasteiger partial charge in [0, 0.05) is 5.39 Å². The molecule has 0 saturated heterocycles. The van der Waals surface area contributed by atoms with Crippen molar-refractivity contribution < 1.29 is 33.4 Å². The lowest BCUT2D eigenvalue weighted by Crippen LogP contribution is -2.31. The third-order valence-corrected chi connectivity index (χ3v) is 8.14. The number of para-hydroxylation sites is 1. The first-order chi connectivity index (χ1) is 20.0. The summed E-state index contributed by atoms with van der Waals surface area (Å²) in [5, 5.41) is 11.9. The first-order valence-electron chi connectivity index (χ1n) is 13.2. The quantitative estimate of drug-likeness (QED) is 0.139. The van der Waals surface area contributed by atoms with Crippen LogP contribution in [0.15, 0.2) is 76.9 Å². The van der Waals surface area contributed by atoms with Gasteiger partial charge in [0.15, 0.2) is 28.0 Å². The van der Waals surface area contributed by atoms with E-state index < -0.39 is 29.5 Å². The number of fused-ring (bicyclic) bond motifs is 1. The normalized spacial score (nSPS) is 15.4. The molecule has 0 fully saturated rings. The van der Waals surface area contributed by atoms with Crippen LogP contribution in [0.4, 0.5) is 5.13 Å². The Kier molecular flexibility index (Phi) is 7.51. The van der Waals surface area contributed by atoms with Crippen molar-refractivity contribution in [2.75, 3.05) is 18.6 Å². The van der Waals surface area contributed by atoms with Crippen molar-refractivity contribution in [1.29, 1.82) is 0 Å². The number of aryl methyl sites for hydroxylation is 1. The SMILES string of the molecule is C=CCOC(=O)c1sc(N2C(=O)C(O)=C(C(=O)c3cc4cccc(OC)c4o3)C2c2ccc(C(C)(C)C)cc2)nc1C. The molecule has 1 aliphatic rings. The van der Waals surface area contributed by atoms with Gasteiger partial charge in [-0.05, 0) is 35.6 Å². The Morgan fingerprint density at radius 3 is 2.55 bits per heavy atom. The van der Waals surface area contributed by atoms with E-state index in [-0.39, 0.29) is 33.4 Å². The smallest absolute Gasteiger partial charge is 0.350 e. The zero-order valence-corrected chi connectivity index (χ0v) is 24.7. The lowest BCUT2D eigenvalue weighted by Gasteiger charge is -2.25. The van der Waals surface area contributed by atoms with E-state index in [1.54, 1.807) is 31.2 Å². The minimum Gasteiger partial charge on any atom is -0.503 e. The number of ketones is 1. The van der Waals surface area contributed by atoms with Crippen molar-refractivity contribution in [1.82, 2.24) is 4.98 Å². The van der Waals surface area contributed by atoms with E-state index in [1.807, 2.05) is 24.3 Å². The number of rotatable bonds is 8. The van der Waals surface area contributed by atoms with E-state index >= 15 is 0 Å². The molecular formula is C32H30N2O7S. The second-order valence-electron chi connectivity index (χ2n) is 10.8. The summed E-state index contributed by atoms with van der Waals surface area (Å²) >= 11 is 0.941. The molecule has 0 bridgehead atoms. The van der Waals surface area contributed by atoms with Crippen LogP contribution in [0.2, 0.25) is 0 Å². The van der Waals surface area contributed by atoms with E-state index in [1.165, 1.54) is 18.1 Å². The number of amides is 1. The molecule has 0 spiro atoms. The molecule has 5 rings (SSSR count). The molecule has 1 amide bonds. The van der Waals surface area contributed by atoms with Gasteiger partial charge in [-0.1, -0.05) is 81.2 Å². The molecule has 42 heavy (non-hydrogen) atoms. The first kappa shape index (κ1) is 28.8. The molecule has 1 atom stereocenters. The Labute approximate surface area is 246 Å². The first-order valence-corrected chi connectivity index (χ1v) is 14.0. The number of Topliss-reactive ketones (excluding diaryl/α,β-unsaturated/α-hetero) is 1. The van der Waals surface area contributed by atoms with Gasteiger partial charge < -0.3 is 19.0 Å². The average molecular weight is 587 g/mol. The maximum atomic E-state index is 14.0. The van der Waals surface area contributed by atoms with E-state index in [4.69, 9.17) is 13.9 Å². The molecule has 4 aromatic rings. The Hall–Kier alpha value is -4.70. The monoisotopic (exact) mass is 586 g/mol.